The van der Waals surface area contributed by atoms with E-state index in [1.165, 1.54) is 32.5 Å². The van der Waals surface area contributed by atoms with Crippen molar-refractivity contribution < 1.29 is 0 Å². The van der Waals surface area contributed by atoms with Crippen molar-refractivity contribution in [3.8, 4) is 9.75 Å². The molecule has 0 saturated heterocycles. The van der Waals surface area contributed by atoms with Gasteiger partial charge in [0.2, 0.25) is 0 Å². The summed E-state index contributed by atoms with van der Waals surface area (Å²) in [5.41, 5.74) is 0. The van der Waals surface area contributed by atoms with Gasteiger partial charge < -0.3 is 5.32 Å². The Morgan fingerprint density at radius 3 is 2.88 bits per heavy atom. The average Bonchev–Trinajstić information content (AvgIpc) is 2.81. The van der Waals surface area contributed by atoms with E-state index in [0.29, 0.717) is 0 Å². The Bertz CT molecular complexity index is 483. The van der Waals surface area contributed by atoms with E-state index in [0.717, 1.165) is 12.6 Å². The summed E-state index contributed by atoms with van der Waals surface area (Å²) >= 11 is 3.65. The smallest absolute Gasteiger partial charge is 0.107 e. The van der Waals surface area contributed by atoms with E-state index in [1.807, 2.05) is 17.5 Å². The lowest BCUT2D eigenvalue weighted by molar-refractivity contribution is 0.684. The zero-order valence-corrected chi connectivity index (χ0v) is 10.8. The third-order valence-corrected chi connectivity index (χ3v) is 4.85. The molecule has 0 spiro atoms. The molecule has 2 aromatic rings. The van der Waals surface area contributed by atoms with Gasteiger partial charge in [0.05, 0.1) is 4.88 Å². The highest BCUT2D eigenvalue weighted by Gasteiger charge is 2.20. The van der Waals surface area contributed by atoms with Crippen LogP contribution in [0, 0.1) is 6.92 Å². The van der Waals surface area contributed by atoms with Crippen LogP contribution in [0.2, 0.25) is 0 Å². The first-order valence-electron chi connectivity index (χ1n) is 5.56. The van der Waals surface area contributed by atoms with Gasteiger partial charge in [0.15, 0.2) is 0 Å². The van der Waals surface area contributed by atoms with Gasteiger partial charge in [-0.2, -0.15) is 0 Å². The van der Waals surface area contributed by atoms with Crippen molar-refractivity contribution in [2.45, 2.75) is 32.4 Å². The third kappa shape index (κ3) is 2.34. The molecule has 0 radical (unpaired) electrons. The maximum absolute atomic E-state index is 4.46. The summed E-state index contributed by atoms with van der Waals surface area (Å²) in [4.78, 5) is 8.46. The fraction of sp³-hybridized carbons (Fsp3) is 0.417. The minimum absolute atomic E-state index is 0.760. The molecule has 1 aliphatic rings. The van der Waals surface area contributed by atoms with Crippen LogP contribution in [0.25, 0.3) is 9.75 Å². The molecule has 0 bridgehead atoms. The molecular formula is C12H14N2S2. The first-order chi connectivity index (χ1) is 7.81. The van der Waals surface area contributed by atoms with Crippen LogP contribution in [0.3, 0.4) is 0 Å². The Balaban J connectivity index is 1.71. The number of thiophene rings is 1. The van der Waals surface area contributed by atoms with Gasteiger partial charge in [-0.05, 0) is 31.9 Å². The van der Waals surface area contributed by atoms with Crippen LogP contribution >= 0.6 is 22.7 Å². The molecule has 2 aromatic heterocycles. The summed E-state index contributed by atoms with van der Waals surface area (Å²) in [6.45, 7) is 3.07. The molecule has 84 valence electrons. The zero-order valence-electron chi connectivity index (χ0n) is 9.19. The summed E-state index contributed by atoms with van der Waals surface area (Å²) in [5.74, 6) is 0. The molecule has 16 heavy (non-hydrogen) atoms. The fourth-order valence-electron chi connectivity index (χ4n) is 1.59. The molecular weight excluding hydrogens is 236 g/mol. The predicted molar refractivity (Wildman–Crippen MR) is 70.0 cm³/mol. The summed E-state index contributed by atoms with van der Waals surface area (Å²) in [5, 5.41) is 4.70. The number of aryl methyl sites for hydroxylation is 1. The minimum Gasteiger partial charge on any atom is -0.308 e. The molecule has 0 aliphatic heterocycles. The first kappa shape index (κ1) is 10.4. The Hall–Kier alpha value is -0.710. The second kappa shape index (κ2) is 4.28. The van der Waals surface area contributed by atoms with Gasteiger partial charge in [0.25, 0.3) is 0 Å². The van der Waals surface area contributed by atoms with Crippen molar-refractivity contribution in [1.29, 1.82) is 0 Å². The molecule has 0 amide bonds. The van der Waals surface area contributed by atoms with Gasteiger partial charge in [-0.15, -0.1) is 22.7 Å². The fourth-order valence-corrected chi connectivity index (χ4v) is 3.40. The molecule has 3 rings (SSSR count). The van der Waals surface area contributed by atoms with Gasteiger partial charge in [-0.25, -0.2) is 4.98 Å². The lowest BCUT2D eigenvalue weighted by Crippen LogP contribution is -2.14. The van der Waals surface area contributed by atoms with E-state index in [9.17, 15) is 0 Å². The standard InChI is InChI=1S/C12H14N2S2/c1-8-2-5-10(15-8)11-6-14-12(16-11)7-13-9-3-4-9/h2,5-6,9,13H,3-4,7H2,1H3. The summed E-state index contributed by atoms with van der Waals surface area (Å²) in [7, 11) is 0. The number of nitrogens with zero attached hydrogens (tertiary/aromatic N) is 1. The van der Waals surface area contributed by atoms with E-state index in [2.05, 4.69) is 29.4 Å². The Kier molecular flexibility index (Phi) is 2.79. The van der Waals surface area contributed by atoms with Crippen LogP contribution in [-0.4, -0.2) is 11.0 Å². The number of hydrogen-bond donors (Lipinski definition) is 1. The van der Waals surface area contributed by atoms with E-state index in [4.69, 9.17) is 0 Å². The lowest BCUT2D eigenvalue weighted by atomic mass is 10.4. The highest BCUT2D eigenvalue weighted by atomic mass is 32.1. The summed E-state index contributed by atoms with van der Waals surface area (Å²) < 4.78 is 0. The Morgan fingerprint density at radius 2 is 2.19 bits per heavy atom. The van der Waals surface area contributed by atoms with Crippen molar-refractivity contribution in [3.05, 3.63) is 28.2 Å². The van der Waals surface area contributed by atoms with E-state index in [1.54, 1.807) is 11.3 Å². The largest absolute Gasteiger partial charge is 0.308 e. The van der Waals surface area contributed by atoms with Crippen LogP contribution in [-0.2, 0) is 6.54 Å². The van der Waals surface area contributed by atoms with Crippen LogP contribution in [0.1, 0.15) is 22.7 Å². The summed E-state index contributed by atoms with van der Waals surface area (Å²) in [6, 6.07) is 5.12. The number of rotatable bonds is 4. The van der Waals surface area contributed by atoms with Crippen LogP contribution in [0.5, 0.6) is 0 Å². The Labute approximate surface area is 103 Å². The average molecular weight is 250 g/mol. The van der Waals surface area contributed by atoms with Crippen molar-refractivity contribution in [2.75, 3.05) is 0 Å². The van der Waals surface area contributed by atoms with Gasteiger partial charge >= 0.3 is 0 Å². The number of aromatic nitrogens is 1. The molecule has 0 aromatic carbocycles. The molecule has 2 nitrogen and oxygen atoms in total. The first-order valence-corrected chi connectivity index (χ1v) is 7.19. The zero-order chi connectivity index (χ0) is 11.0. The van der Waals surface area contributed by atoms with Crippen LogP contribution in [0.15, 0.2) is 18.3 Å². The van der Waals surface area contributed by atoms with Crippen molar-refractivity contribution in [3.63, 3.8) is 0 Å². The SMILES string of the molecule is Cc1ccc(-c2cnc(CNC3CC3)s2)s1. The highest BCUT2D eigenvalue weighted by Crippen LogP contribution is 2.32. The quantitative estimate of drug-likeness (QED) is 0.899. The normalized spacial score (nSPS) is 15.6. The highest BCUT2D eigenvalue weighted by molar-refractivity contribution is 7.21. The maximum atomic E-state index is 4.46. The molecule has 0 atom stereocenters. The molecule has 4 heteroatoms. The number of thiazole rings is 1. The maximum Gasteiger partial charge on any atom is 0.107 e. The number of nitrogens with one attached hydrogen (secondary N) is 1. The minimum atomic E-state index is 0.760. The number of hydrogen-bond acceptors (Lipinski definition) is 4. The molecule has 1 fully saturated rings. The molecule has 0 unspecified atom stereocenters. The van der Waals surface area contributed by atoms with Crippen molar-refractivity contribution in [2.24, 2.45) is 0 Å². The van der Waals surface area contributed by atoms with Crippen LogP contribution in [0.4, 0.5) is 0 Å². The summed E-state index contributed by atoms with van der Waals surface area (Å²) in [6.07, 6.45) is 4.67. The second-order valence-electron chi connectivity index (χ2n) is 4.18. The van der Waals surface area contributed by atoms with Gasteiger partial charge in [-0.3, -0.25) is 0 Å². The monoisotopic (exact) mass is 250 g/mol. The molecule has 1 saturated carbocycles. The van der Waals surface area contributed by atoms with E-state index < -0.39 is 0 Å². The van der Waals surface area contributed by atoms with Gasteiger partial charge in [0, 0.05) is 28.5 Å². The topological polar surface area (TPSA) is 24.9 Å². The van der Waals surface area contributed by atoms with Crippen molar-refractivity contribution >= 4 is 22.7 Å². The second-order valence-corrected chi connectivity index (χ2v) is 6.59. The molecule has 1 aliphatic carbocycles. The van der Waals surface area contributed by atoms with E-state index in [-0.39, 0.29) is 0 Å². The third-order valence-electron chi connectivity index (χ3n) is 2.66. The Morgan fingerprint density at radius 1 is 1.31 bits per heavy atom. The van der Waals surface area contributed by atoms with E-state index >= 15 is 0 Å². The van der Waals surface area contributed by atoms with Gasteiger partial charge in [-0.1, -0.05) is 0 Å². The molecule has 2 heterocycles. The van der Waals surface area contributed by atoms with Crippen LogP contribution < -0.4 is 5.32 Å². The predicted octanol–water partition coefficient (Wildman–Crippen LogP) is 3.43. The lowest BCUT2D eigenvalue weighted by Gasteiger charge is -1.96. The molecule has 1 N–H and O–H groups in total. The van der Waals surface area contributed by atoms with Gasteiger partial charge in [0.1, 0.15) is 5.01 Å². The van der Waals surface area contributed by atoms with Crippen molar-refractivity contribution in [1.82, 2.24) is 10.3 Å².